The number of hydrogen-bond acceptors (Lipinski definition) is 3. The van der Waals surface area contributed by atoms with Gasteiger partial charge in [0.25, 0.3) is 0 Å². The maximum Gasteiger partial charge on any atom is 0.108 e. The minimum atomic E-state index is 0.0581. The zero-order chi connectivity index (χ0) is 17.2. The zero-order valence-electron chi connectivity index (χ0n) is 14.9. The van der Waals surface area contributed by atoms with Crippen LogP contribution in [-0.4, -0.2) is 37.6 Å². The van der Waals surface area contributed by atoms with Crippen molar-refractivity contribution in [3.63, 3.8) is 0 Å². The molecule has 25 heavy (non-hydrogen) atoms. The third-order valence-electron chi connectivity index (χ3n) is 5.40. The van der Waals surface area contributed by atoms with Gasteiger partial charge in [-0.05, 0) is 11.1 Å². The van der Waals surface area contributed by atoms with Crippen LogP contribution >= 0.6 is 0 Å². The quantitative estimate of drug-likeness (QED) is 0.678. The lowest BCUT2D eigenvalue weighted by Crippen LogP contribution is -2.36. The summed E-state index contributed by atoms with van der Waals surface area (Å²) in [5.41, 5.74) is 2.59. The Labute approximate surface area is 149 Å². The van der Waals surface area contributed by atoms with Gasteiger partial charge in [0.05, 0.1) is 25.4 Å². The van der Waals surface area contributed by atoms with E-state index >= 15 is 0 Å². The minimum Gasteiger partial charge on any atom is -0.370 e. The molecule has 2 aliphatic rings. The molecule has 0 aromatic heterocycles. The summed E-state index contributed by atoms with van der Waals surface area (Å²) in [7, 11) is 0. The number of ether oxygens (including phenoxy) is 3. The fraction of sp³-hybridized carbons (Fsp3) is 0.455. The van der Waals surface area contributed by atoms with Crippen molar-refractivity contribution in [2.75, 3.05) is 13.2 Å². The summed E-state index contributed by atoms with van der Waals surface area (Å²) in [6.07, 6.45) is 0.504. The predicted octanol–water partition coefficient (Wildman–Crippen LogP) is 4.15. The molecule has 2 aliphatic heterocycles. The molecule has 0 N–H and O–H groups in total. The molecule has 6 atom stereocenters. The summed E-state index contributed by atoms with van der Waals surface area (Å²) in [5.74, 6) is 0.579. The normalized spacial score (nSPS) is 26.5. The maximum absolute atomic E-state index is 6.68. The van der Waals surface area contributed by atoms with E-state index in [-0.39, 0.29) is 36.3 Å². The van der Waals surface area contributed by atoms with Crippen LogP contribution in [0.2, 0.25) is 0 Å². The topological polar surface area (TPSA) is 34.3 Å². The molecule has 4 rings (SSSR count). The SMILES string of the molecule is CC(c1ccccc1)C(OC(C1CO1)C(C)c1ccccc1)C1CO1. The Balaban J connectivity index is 1.53. The van der Waals surface area contributed by atoms with Gasteiger partial charge >= 0.3 is 0 Å². The van der Waals surface area contributed by atoms with Crippen molar-refractivity contribution in [2.45, 2.75) is 50.1 Å². The van der Waals surface area contributed by atoms with Crippen molar-refractivity contribution in [2.24, 2.45) is 0 Å². The molecule has 3 heteroatoms. The first kappa shape index (κ1) is 16.8. The van der Waals surface area contributed by atoms with Crippen LogP contribution < -0.4 is 0 Å². The molecule has 2 saturated heterocycles. The van der Waals surface area contributed by atoms with Crippen LogP contribution in [0.3, 0.4) is 0 Å². The average molecular weight is 338 g/mol. The number of benzene rings is 2. The Bertz CT molecular complexity index is 605. The molecule has 0 spiro atoms. The number of rotatable bonds is 8. The van der Waals surface area contributed by atoms with Gasteiger partial charge in [-0.15, -0.1) is 0 Å². The van der Waals surface area contributed by atoms with Crippen molar-refractivity contribution < 1.29 is 14.2 Å². The van der Waals surface area contributed by atoms with Crippen LogP contribution in [0.4, 0.5) is 0 Å². The van der Waals surface area contributed by atoms with Gasteiger partial charge in [0.1, 0.15) is 12.2 Å². The van der Waals surface area contributed by atoms with E-state index in [1.165, 1.54) is 11.1 Å². The van der Waals surface area contributed by atoms with E-state index in [1.807, 2.05) is 0 Å². The summed E-state index contributed by atoms with van der Waals surface area (Å²) < 4.78 is 17.9. The molecule has 0 aliphatic carbocycles. The molecular formula is C22H26O3. The van der Waals surface area contributed by atoms with Gasteiger partial charge in [0, 0.05) is 11.8 Å². The highest BCUT2D eigenvalue weighted by Gasteiger charge is 2.45. The first-order valence-corrected chi connectivity index (χ1v) is 9.22. The molecule has 2 aromatic rings. The van der Waals surface area contributed by atoms with Gasteiger partial charge in [0.15, 0.2) is 0 Å². The molecule has 0 amide bonds. The van der Waals surface area contributed by atoms with Gasteiger partial charge < -0.3 is 14.2 Å². The second-order valence-corrected chi connectivity index (χ2v) is 7.21. The van der Waals surface area contributed by atoms with Crippen LogP contribution in [0.5, 0.6) is 0 Å². The third-order valence-corrected chi connectivity index (χ3v) is 5.40. The van der Waals surface area contributed by atoms with E-state index in [9.17, 15) is 0 Å². The van der Waals surface area contributed by atoms with E-state index in [0.29, 0.717) is 0 Å². The maximum atomic E-state index is 6.68. The van der Waals surface area contributed by atoms with Gasteiger partial charge in [-0.1, -0.05) is 74.5 Å². The Hall–Kier alpha value is -1.68. The lowest BCUT2D eigenvalue weighted by molar-refractivity contribution is -0.0580. The van der Waals surface area contributed by atoms with Crippen LogP contribution in [0.25, 0.3) is 0 Å². The fourth-order valence-corrected chi connectivity index (χ4v) is 3.62. The first-order chi connectivity index (χ1) is 12.2. The Morgan fingerprint density at radius 1 is 0.720 bits per heavy atom. The van der Waals surface area contributed by atoms with E-state index in [4.69, 9.17) is 14.2 Å². The molecule has 132 valence electrons. The molecule has 2 heterocycles. The molecule has 0 saturated carbocycles. The van der Waals surface area contributed by atoms with Gasteiger partial charge in [-0.25, -0.2) is 0 Å². The zero-order valence-corrected chi connectivity index (χ0v) is 14.9. The molecule has 2 fully saturated rings. The van der Waals surface area contributed by atoms with E-state index in [2.05, 4.69) is 74.5 Å². The summed E-state index contributed by atoms with van der Waals surface area (Å²) in [4.78, 5) is 0. The van der Waals surface area contributed by atoms with Gasteiger partial charge in [0.2, 0.25) is 0 Å². The van der Waals surface area contributed by atoms with E-state index < -0.39 is 0 Å². The molecule has 0 radical (unpaired) electrons. The van der Waals surface area contributed by atoms with Crippen molar-refractivity contribution in [1.82, 2.24) is 0 Å². The van der Waals surface area contributed by atoms with Crippen LogP contribution in [-0.2, 0) is 14.2 Å². The van der Waals surface area contributed by atoms with Crippen LogP contribution in [0.1, 0.15) is 36.8 Å². The van der Waals surface area contributed by atoms with E-state index in [1.54, 1.807) is 0 Å². The Kier molecular flexibility index (Phi) is 4.89. The number of epoxide rings is 2. The smallest absolute Gasteiger partial charge is 0.108 e. The summed E-state index contributed by atoms with van der Waals surface area (Å²) in [5, 5.41) is 0. The monoisotopic (exact) mass is 338 g/mol. The standard InChI is InChI=1S/C22H26O3/c1-15(17-9-5-3-6-10-17)21(19-13-23-19)25-22(20-14-24-20)16(2)18-11-7-4-8-12-18/h3-12,15-16,19-22H,13-14H2,1-2H3. The summed E-state index contributed by atoms with van der Waals surface area (Å²) in [6.45, 7) is 6.05. The minimum absolute atomic E-state index is 0.0581. The van der Waals surface area contributed by atoms with Crippen LogP contribution in [0.15, 0.2) is 60.7 Å². The van der Waals surface area contributed by atoms with Gasteiger partial charge in [-0.3, -0.25) is 0 Å². The second kappa shape index (κ2) is 7.28. The molecular weight excluding hydrogens is 312 g/mol. The predicted molar refractivity (Wildman–Crippen MR) is 97.9 cm³/mol. The lowest BCUT2D eigenvalue weighted by Gasteiger charge is -2.31. The van der Waals surface area contributed by atoms with Crippen molar-refractivity contribution in [3.05, 3.63) is 71.8 Å². The highest BCUT2D eigenvalue weighted by molar-refractivity contribution is 5.23. The van der Waals surface area contributed by atoms with Gasteiger partial charge in [-0.2, -0.15) is 0 Å². The highest BCUT2D eigenvalue weighted by atomic mass is 16.6. The summed E-state index contributed by atoms with van der Waals surface area (Å²) >= 11 is 0. The lowest BCUT2D eigenvalue weighted by atomic mass is 9.90. The Morgan fingerprint density at radius 3 is 1.40 bits per heavy atom. The highest BCUT2D eigenvalue weighted by Crippen LogP contribution is 2.37. The van der Waals surface area contributed by atoms with Crippen molar-refractivity contribution >= 4 is 0 Å². The molecule has 0 bridgehead atoms. The van der Waals surface area contributed by atoms with E-state index in [0.717, 1.165) is 13.2 Å². The van der Waals surface area contributed by atoms with Crippen molar-refractivity contribution in [3.8, 4) is 0 Å². The molecule has 3 nitrogen and oxygen atoms in total. The second-order valence-electron chi connectivity index (χ2n) is 7.21. The Morgan fingerprint density at radius 2 is 1.08 bits per heavy atom. The number of hydrogen-bond donors (Lipinski definition) is 0. The average Bonchev–Trinajstić information content (AvgIpc) is 3.56. The third kappa shape index (κ3) is 3.95. The largest absolute Gasteiger partial charge is 0.370 e. The van der Waals surface area contributed by atoms with Crippen LogP contribution in [0, 0.1) is 0 Å². The molecule has 2 aromatic carbocycles. The fourth-order valence-electron chi connectivity index (χ4n) is 3.62. The van der Waals surface area contributed by atoms with Crippen molar-refractivity contribution in [1.29, 1.82) is 0 Å². The first-order valence-electron chi connectivity index (χ1n) is 9.22. The molecule has 6 unspecified atom stereocenters. The summed E-state index contributed by atoms with van der Waals surface area (Å²) in [6, 6.07) is 21.2.